The quantitative estimate of drug-likeness (QED) is 0.653. The highest BCUT2D eigenvalue weighted by Crippen LogP contribution is 2.38. The van der Waals surface area contributed by atoms with Crippen LogP contribution in [0.5, 0.6) is 0 Å². The van der Waals surface area contributed by atoms with Gasteiger partial charge in [0.1, 0.15) is 0 Å². The molecule has 1 fully saturated rings. The number of piperidine rings is 1. The van der Waals surface area contributed by atoms with Crippen LogP contribution in [0.1, 0.15) is 29.7 Å². The Labute approximate surface area is 184 Å². The summed E-state index contributed by atoms with van der Waals surface area (Å²) in [6, 6.07) is 18.7. The van der Waals surface area contributed by atoms with Gasteiger partial charge in [0, 0.05) is 31.7 Å². The second-order valence-corrected chi connectivity index (χ2v) is 9.25. The van der Waals surface area contributed by atoms with Crippen LogP contribution in [0.25, 0.3) is 11.3 Å². The number of carbonyl (C=O) groups excluding carboxylic acids is 1. The predicted octanol–water partition coefficient (Wildman–Crippen LogP) is 3.86. The van der Waals surface area contributed by atoms with E-state index in [0.29, 0.717) is 6.42 Å². The fourth-order valence-corrected chi connectivity index (χ4v) is 5.30. The van der Waals surface area contributed by atoms with Crippen LogP contribution in [0.3, 0.4) is 0 Å². The molecule has 1 amide bonds. The van der Waals surface area contributed by atoms with Gasteiger partial charge < -0.3 is 9.47 Å². The van der Waals surface area contributed by atoms with E-state index in [1.54, 1.807) is 0 Å². The summed E-state index contributed by atoms with van der Waals surface area (Å²) in [4.78, 5) is 22.5. The first kappa shape index (κ1) is 20.0. The molecule has 0 N–H and O–H groups in total. The minimum absolute atomic E-state index is 0.108. The highest BCUT2D eigenvalue weighted by molar-refractivity contribution is 5.79. The molecule has 1 aromatic heterocycles. The van der Waals surface area contributed by atoms with Gasteiger partial charge in [-0.15, -0.1) is 0 Å². The van der Waals surface area contributed by atoms with Gasteiger partial charge in [-0.05, 0) is 32.4 Å². The molecular weight excluding hydrogens is 384 g/mol. The van der Waals surface area contributed by atoms with Crippen molar-refractivity contribution in [2.75, 3.05) is 26.7 Å². The number of amides is 1. The third-order valence-electron chi connectivity index (χ3n) is 6.79. The lowest BCUT2D eigenvalue weighted by atomic mass is 9.85. The topological polar surface area (TPSA) is 41.4 Å². The first-order chi connectivity index (χ1) is 15.0. The minimum Gasteiger partial charge on any atom is -0.340 e. The molecule has 2 aliphatic rings. The lowest BCUT2D eigenvalue weighted by Gasteiger charge is -2.49. The number of aryl methyl sites for hydroxylation is 1. The first-order valence-electron chi connectivity index (χ1n) is 11.2. The monoisotopic (exact) mass is 414 g/mol. The molecule has 0 bridgehead atoms. The van der Waals surface area contributed by atoms with E-state index in [4.69, 9.17) is 4.98 Å². The molecule has 3 aromatic rings. The number of likely N-dealkylation sites (N-methyl/N-ethyl adjacent to an activating group) is 1. The minimum atomic E-state index is -0.108. The van der Waals surface area contributed by atoms with Crippen molar-refractivity contribution in [1.82, 2.24) is 19.4 Å². The van der Waals surface area contributed by atoms with E-state index in [-0.39, 0.29) is 11.4 Å². The zero-order chi connectivity index (χ0) is 21.4. The smallest absolute Gasteiger partial charge is 0.227 e. The lowest BCUT2D eigenvalue weighted by molar-refractivity contribution is -0.134. The molecule has 0 unspecified atom stereocenters. The standard InChI is InChI=1S/C26H30N4O/c1-20-9-11-21(12-10-20)15-24(31)29-14-6-13-26(18-29)17-28(2)16-23-25(27-19-30(23)26)22-7-4-3-5-8-22/h3-5,7-12,19H,6,13-18H2,1-2H3/t26-/m0/s1. The van der Waals surface area contributed by atoms with Gasteiger partial charge in [0.15, 0.2) is 0 Å². The van der Waals surface area contributed by atoms with Gasteiger partial charge in [-0.3, -0.25) is 9.69 Å². The van der Waals surface area contributed by atoms with Crippen LogP contribution in [0.4, 0.5) is 0 Å². The van der Waals surface area contributed by atoms with Gasteiger partial charge in [-0.1, -0.05) is 60.2 Å². The summed E-state index contributed by atoms with van der Waals surface area (Å²) < 4.78 is 2.39. The van der Waals surface area contributed by atoms with Crippen LogP contribution in [0, 0.1) is 6.92 Å². The number of likely N-dealkylation sites (tertiary alicyclic amines) is 1. The maximum atomic E-state index is 13.2. The molecule has 0 saturated carbocycles. The van der Waals surface area contributed by atoms with E-state index in [1.807, 2.05) is 12.4 Å². The van der Waals surface area contributed by atoms with E-state index in [9.17, 15) is 4.79 Å². The van der Waals surface area contributed by atoms with Crippen LogP contribution in [0.2, 0.25) is 0 Å². The third-order valence-corrected chi connectivity index (χ3v) is 6.79. The second-order valence-electron chi connectivity index (χ2n) is 9.25. The highest BCUT2D eigenvalue weighted by atomic mass is 16.2. The largest absolute Gasteiger partial charge is 0.340 e. The normalized spacial score (nSPS) is 21.3. The number of hydrogen-bond acceptors (Lipinski definition) is 3. The summed E-state index contributed by atoms with van der Waals surface area (Å²) in [5, 5.41) is 0. The van der Waals surface area contributed by atoms with E-state index >= 15 is 0 Å². The molecule has 3 heterocycles. The lowest BCUT2D eigenvalue weighted by Crippen LogP contribution is -2.58. The van der Waals surface area contributed by atoms with Crippen molar-refractivity contribution in [3.05, 3.63) is 77.7 Å². The predicted molar refractivity (Wildman–Crippen MR) is 123 cm³/mol. The summed E-state index contributed by atoms with van der Waals surface area (Å²) in [7, 11) is 2.18. The average Bonchev–Trinajstić information content (AvgIpc) is 3.20. The molecular formula is C26H30N4O. The molecule has 5 rings (SSSR count). The Balaban J connectivity index is 1.43. The van der Waals surface area contributed by atoms with Gasteiger partial charge in [-0.25, -0.2) is 4.98 Å². The zero-order valence-electron chi connectivity index (χ0n) is 18.4. The maximum Gasteiger partial charge on any atom is 0.227 e. The number of carbonyl (C=O) groups is 1. The summed E-state index contributed by atoms with van der Waals surface area (Å²) in [6.07, 6.45) is 4.58. The van der Waals surface area contributed by atoms with Crippen LogP contribution in [-0.2, 0) is 23.3 Å². The second kappa shape index (κ2) is 7.97. The van der Waals surface area contributed by atoms with Crippen molar-refractivity contribution in [3.8, 4) is 11.3 Å². The molecule has 1 spiro atoms. The van der Waals surface area contributed by atoms with Gasteiger partial charge in [-0.2, -0.15) is 0 Å². The van der Waals surface area contributed by atoms with Crippen molar-refractivity contribution in [3.63, 3.8) is 0 Å². The third kappa shape index (κ3) is 3.79. The van der Waals surface area contributed by atoms with Crippen molar-refractivity contribution in [1.29, 1.82) is 0 Å². The molecule has 1 atom stereocenters. The van der Waals surface area contributed by atoms with Crippen LogP contribution in [0.15, 0.2) is 60.9 Å². The Hall–Kier alpha value is -2.92. The molecule has 31 heavy (non-hydrogen) atoms. The molecule has 2 aromatic carbocycles. The molecule has 1 saturated heterocycles. The van der Waals surface area contributed by atoms with E-state index in [2.05, 4.69) is 76.9 Å². The number of fused-ring (bicyclic) bond motifs is 2. The van der Waals surface area contributed by atoms with Crippen LogP contribution in [-0.4, -0.2) is 51.9 Å². The first-order valence-corrected chi connectivity index (χ1v) is 11.2. The van der Waals surface area contributed by atoms with E-state index < -0.39 is 0 Å². The molecule has 2 aliphatic heterocycles. The SMILES string of the molecule is Cc1ccc(CC(=O)N2CCC[C@]3(CN(C)Cc4c(-c5ccccc5)ncn43)C2)cc1. The summed E-state index contributed by atoms with van der Waals surface area (Å²) >= 11 is 0. The number of hydrogen-bond donors (Lipinski definition) is 0. The van der Waals surface area contributed by atoms with Crippen molar-refractivity contribution in [2.24, 2.45) is 0 Å². The Morgan fingerprint density at radius 1 is 1.06 bits per heavy atom. The molecule has 0 radical (unpaired) electrons. The Kier molecular flexibility index (Phi) is 5.14. The Morgan fingerprint density at radius 3 is 2.61 bits per heavy atom. The fourth-order valence-electron chi connectivity index (χ4n) is 5.30. The Morgan fingerprint density at radius 2 is 1.84 bits per heavy atom. The molecule has 5 heteroatoms. The summed E-state index contributed by atoms with van der Waals surface area (Å²) in [5.41, 5.74) is 5.68. The van der Waals surface area contributed by atoms with Gasteiger partial charge >= 0.3 is 0 Å². The van der Waals surface area contributed by atoms with E-state index in [1.165, 1.54) is 11.3 Å². The van der Waals surface area contributed by atoms with Crippen molar-refractivity contribution < 1.29 is 4.79 Å². The van der Waals surface area contributed by atoms with Gasteiger partial charge in [0.25, 0.3) is 0 Å². The van der Waals surface area contributed by atoms with E-state index in [0.717, 1.165) is 55.8 Å². The fraction of sp³-hybridized carbons (Fsp3) is 0.385. The number of imidazole rings is 1. The summed E-state index contributed by atoms with van der Waals surface area (Å²) in [5.74, 6) is 0.223. The van der Waals surface area contributed by atoms with Crippen molar-refractivity contribution >= 4 is 5.91 Å². The summed E-state index contributed by atoms with van der Waals surface area (Å²) in [6.45, 7) is 5.49. The van der Waals surface area contributed by atoms with Crippen LogP contribution < -0.4 is 0 Å². The average molecular weight is 415 g/mol. The number of rotatable bonds is 3. The molecule has 160 valence electrons. The van der Waals surface area contributed by atoms with Gasteiger partial charge in [0.2, 0.25) is 5.91 Å². The van der Waals surface area contributed by atoms with Gasteiger partial charge in [0.05, 0.1) is 29.7 Å². The van der Waals surface area contributed by atoms with Crippen LogP contribution >= 0.6 is 0 Å². The number of aromatic nitrogens is 2. The van der Waals surface area contributed by atoms with Crippen molar-refractivity contribution in [2.45, 2.75) is 38.3 Å². The molecule has 0 aliphatic carbocycles. The highest BCUT2D eigenvalue weighted by Gasteiger charge is 2.43. The zero-order valence-corrected chi connectivity index (χ0v) is 18.4. The Bertz CT molecular complexity index is 1070. The number of nitrogens with zero attached hydrogens (tertiary/aromatic N) is 4. The maximum absolute atomic E-state index is 13.2. The number of benzene rings is 2. The molecule has 5 nitrogen and oxygen atoms in total.